The zero-order valence-corrected chi connectivity index (χ0v) is 9.94. The monoisotopic (exact) mass is 244 g/mol. The van der Waals surface area contributed by atoms with Crippen molar-refractivity contribution in [2.45, 2.75) is 0 Å². The lowest BCUT2D eigenvalue weighted by Gasteiger charge is -2.07. The molecule has 0 aliphatic carbocycles. The molecule has 0 aliphatic heterocycles. The van der Waals surface area contributed by atoms with E-state index < -0.39 is 5.97 Å². The van der Waals surface area contributed by atoms with Gasteiger partial charge in [-0.25, -0.2) is 4.79 Å². The molecule has 0 atom stereocenters. The maximum atomic E-state index is 10.6. The van der Waals surface area contributed by atoms with Crippen molar-refractivity contribution in [1.29, 1.82) is 0 Å². The fraction of sp³-hybridized carbons (Fsp3) is 0.545. The van der Waals surface area contributed by atoms with Crippen molar-refractivity contribution < 1.29 is 19.0 Å². The molecule has 0 bridgehead atoms. The summed E-state index contributed by atoms with van der Waals surface area (Å²) in [4.78, 5) is 10.6. The molecule has 0 saturated carbocycles. The summed E-state index contributed by atoms with van der Waals surface area (Å²) in [5.74, 6) is -0.422. The third-order valence-electron chi connectivity index (χ3n) is 1.54. The van der Waals surface area contributed by atoms with Crippen LogP contribution in [0.3, 0.4) is 0 Å². The second kappa shape index (κ2) is 12.9. The molecule has 0 aliphatic rings. The molecule has 0 aromatic carbocycles. The molecule has 0 spiro atoms. The quantitative estimate of drug-likeness (QED) is 0.126. The lowest BCUT2D eigenvalue weighted by Crippen LogP contribution is -2.37. The average Bonchev–Trinajstić information content (AvgIpc) is 2.35. The van der Waals surface area contributed by atoms with E-state index in [0.29, 0.717) is 32.9 Å². The van der Waals surface area contributed by atoms with Crippen LogP contribution in [0.4, 0.5) is 0 Å². The third-order valence-corrected chi connectivity index (χ3v) is 1.54. The van der Waals surface area contributed by atoms with Gasteiger partial charge in [0.1, 0.15) is 13.4 Å². The molecule has 6 nitrogen and oxygen atoms in total. The Balaban J connectivity index is 3.01. The van der Waals surface area contributed by atoms with Gasteiger partial charge in [0, 0.05) is 19.2 Å². The smallest absolute Gasteiger partial charge is 0.330 e. The molecule has 0 rings (SSSR count). The van der Waals surface area contributed by atoms with E-state index in [1.165, 1.54) is 0 Å². The van der Waals surface area contributed by atoms with Crippen LogP contribution in [0.2, 0.25) is 0 Å². The van der Waals surface area contributed by atoms with E-state index in [9.17, 15) is 4.79 Å². The molecule has 0 amide bonds. The summed E-state index contributed by atoms with van der Waals surface area (Å²) in [5, 5.41) is 0. The molecule has 0 aromatic heterocycles. The van der Waals surface area contributed by atoms with E-state index in [0.717, 1.165) is 6.08 Å². The lowest BCUT2D eigenvalue weighted by atomic mass is 10.6. The molecule has 0 fully saturated rings. The molecule has 17 heavy (non-hydrogen) atoms. The van der Waals surface area contributed by atoms with Crippen LogP contribution in [0.15, 0.2) is 25.3 Å². The topological polar surface area (TPSA) is 68.8 Å². The maximum absolute atomic E-state index is 10.6. The van der Waals surface area contributed by atoms with Crippen LogP contribution < -0.4 is 10.9 Å². The molecular formula is C11H20N2O4. The molecule has 0 heterocycles. The number of ether oxygens (including phenoxy) is 3. The van der Waals surface area contributed by atoms with Gasteiger partial charge in [-0.2, -0.15) is 0 Å². The number of hydrogen-bond acceptors (Lipinski definition) is 6. The highest BCUT2D eigenvalue weighted by Crippen LogP contribution is 1.78. The molecule has 2 N–H and O–H groups in total. The van der Waals surface area contributed by atoms with E-state index >= 15 is 0 Å². The van der Waals surface area contributed by atoms with E-state index in [4.69, 9.17) is 14.2 Å². The highest BCUT2D eigenvalue weighted by atomic mass is 16.7. The Labute approximate surface area is 102 Å². The van der Waals surface area contributed by atoms with Crippen molar-refractivity contribution in [3.05, 3.63) is 25.3 Å². The molecule has 0 radical (unpaired) electrons. The molecule has 0 aromatic rings. The van der Waals surface area contributed by atoms with E-state index in [-0.39, 0.29) is 6.79 Å². The van der Waals surface area contributed by atoms with Crippen molar-refractivity contribution in [3.63, 3.8) is 0 Å². The number of hydrazine groups is 1. The highest BCUT2D eigenvalue weighted by Gasteiger charge is 1.93. The predicted molar refractivity (Wildman–Crippen MR) is 64.1 cm³/mol. The van der Waals surface area contributed by atoms with Crippen LogP contribution >= 0.6 is 0 Å². The highest BCUT2D eigenvalue weighted by molar-refractivity contribution is 5.81. The van der Waals surface area contributed by atoms with Crippen LogP contribution in [0.5, 0.6) is 0 Å². The Morgan fingerprint density at radius 2 is 1.82 bits per heavy atom. The minimum Gasteiger partial charge on any atom is -0.461 e. The van der Waals surface area contributed by atoms with Gasteiger partial charge in [-0.05, 0) is 0 Å². The van der Waals surface area contributed by atoms with Gasteiger partial charge in [-0.15, -0.1) is 6.58 Å². The van der Waals surface area contributed by atoms with Crippen molar-refractivity contribution in [1.82, 2.24) is 10.9 Å². The second-order valence-electron chi connectivity index (χ2n) is 2.91. The van der Waals surface area contributed by atoms with Gasteiger partial charge in [0.05, 0.1) is 13.2 Å². The van der Waals surface area contributed by atoms with Crippen LogP contribution in [0.1, 0.15) is 0 Å². The van der Waals surface area contributed by atoms with Crippen molar-refractivity contribution >= 4 is 5.97 Å². The van der Waals surface area contributed by atoms with E-state index in [1.807, 2.05) is 0 Å². The number of rotatable bonds is 12. The molecule has 0 saturated heterocycles. The Morgan fingerprint density at radius 1 is 1.12 bits per heavy atom. The summed E-state index contributed by atoms with van der Waals surface area (Å²) in [6.45, 7) is 9.51. The minimum atomic E-state index is -0.422. The zero-order valence-electron chi connectivity index (χ0n) is 9.94. The first-order valence-electron chi connectivity index (χ1n) is 5.32. The van der Waals surface area contributed by atoms with Crippen molar-refractivity contribution in [2.75, 3.05) is 39.7 Å². The van der Waals surface area contributed by atoms with Crippen LogP contribution in [0.25, 0.3) is 0 Å². The van der Waals surface area contributed by atoms with Gasteiger partial charge in [-0.3, -0.25) is 10.9 Å². The molecule has 98 valence electrons. The summed E-state index contributed by atoms with van der Waals surface area (Å²) in [5.41, 5.74) is 5.77. The Kier molecular flexibility index (Phi) is 11.9. The normalized spacial score (nSPS) is 9.88. The second-order valence-corrected chi connectivity index (χ2v) is 2.91. The largest absolute Gasteiger partial charge is 0.461 e. The number of esters is 1. The van der Waals surface area contributed by atoms with Gasteiger partial charge in [0.15, 0.2) is 0 Å². The number of hydrogen-bond donors (Lipinski definition) is 2. The first kappa shape index (κ1) is 15.8. The van der Waals surface area contributed by atoms with Crippen molar-refractivity contribution in [2.24, 2.45) is 0 Å². The first-order chi connectivity index (χ1) is 8.31. The van der Waals surface area contributed by atoms with Gasteiger partial charge in [0.25, 0.3) is 0 Å². The summed E-state index contributed by atoms with van der Waals surface area (Å²) in [6, 6.07) is 0. The standard InChI is InChI=1S/C11H20N2O4/c1-3-7-15-10-16-8-5-12-13-6-9-17-11(14)4-2/h3-4,12-13H,1-2,5-10H2. The predicted octanol–water partition coefficient (Wildman–Crippen LogP) is -0.0135. The van der Waals surface area contributed by atoms with Gasteiger partial charge >= 0.3 is 5.97 Å². The Hall–Kier alpha value is -1.21. The molecular weight excluding hydrogens is 224 g/mol. The molecule has 6 heteroatoms. The Morgan fingerprint density at radius 3 is 2.47 bits per heavy atom. The fourth-order valence-electron chi connectivity index (χ4n) is 0.811. The number of nitrogens with one attached hydrogen (secondary N) is 2. The summed E-state index contributed by atoms with van der Waals surface area (Å²) in [7, 11) is 0. The zero-order chi connectivity index (χ0) is 12.8. The first-order valence-corrected chi connectivity index (χ1v) is 5.32. The Bertz CT molecular complexity index is 222. The average molecular weight is 244 g/mol. The van der Waals surface area contributed by atoms with E-state index in [2.05, 4.69) is 24.0 Å². The van der Waals surface area contributed by atoms with Gasteiger partial charge in [0.2, 0.25) is 0 Å². The summed E-state index contributed by atoms with van der Waals surface area (Å²) in [6.07, 6.45) is 2.79. The van der Waals surface area contributed by atoms with E-state index in [1.54, 1.807) is 6.08 Å². The summed E-state index contributed by atoms with van der Waals surface area (Å²) >= 11 is 0. The summed E-state index contributed by atoms with van der Waals surface area (Å²) < 4.78 is 14.9. The fourth-order valence-corrected chi connectivity index (χ4v) is 0.811. The number of carbonyl (C=O) groups is 1. The SMILES string of the molecule is C=CCOCOCCNNCCOC(=O)C=C. The lowest BCUT2D eigenvalue weighted by molar-refractivity contribution is -0.137. The van der Waals surface area contributed by atoms with Gasteiger partial charge < -0.3 is 14.2 Å². The minimum absolute atomic E-state index is 0.255. The van der Waals surface area contributed by atoms with Crippen molar-refractivity contribution in [3.8, 4) is 0 Å². The molecule has 0 unspecified atom stereocenters. The van der Waals surface area contributed by atoms with Gasteiger partial charge in [-0.1, -0.05) is 12.7 Å². The van der Waals surface area contributed by atoms with Crippen LogP contribution in [-0.2, 0) is 19.0 Å². The van der Waals surface area contributed by atoms with Crippen LogP contribution in [0, 0.1) is 0 Å². The number of carbonyl (C=O) groups excluding carboxylic acids is 1. The third kappa shape index (κ3) is 12.7. The van der Waals surface area contributed by atoms with Crippen LogP contribution in [-0.4, -0.2) is 45.7 Å². The maximum Gasteiger partial charge on any atom is 0.330 e.